The smallest absolute Gasteiger partial charge is 0.416 e. The summed E-state index contributed by atoms with van der Waals surface area (Å²) >= 11 is 8.02. The van der Waals surface area contributed by atoms with Gasteiger partial charge in [-0.15, -0.1) is 11.3 Å². The van der Waals surface area contributed by atoms with Crippen LogP contribution in [0.3, 0.4) is 0 Å². The van der Waals surface area contributed by atoms with E-state index in [1.54, 1.807) is 16.2 Å². The van der Waals surface area contributed by atoms with Crippen LogP contribution in [0.2, 0.25) is 5.02 Å². The van der Waals surface area contributed by atoms with Gasteiger partial charge in [-0.3, -0.25) is 4.79 Å². The molecule has 3 saturated carbocycles. The highest BCUT2D eigenvalue weighted by Gasteiger charge is 2.74. The fourth-order valence-corrected chi connectivity index (χ4v) is 12.7. The molecule has 9 rings (SSSR count). The fraction of sp³-hybridized carbons (Fsp3) is 0.545. The van der Waals surface area contributed by atoms with Crippen LogP contribution in [0.15, 0.2) is 76.1 Å². The molecule has 12 heteroatoms. The molecule has 3 fully saturated rings. The molecule has 1 aromatic carbocycles. The lowest BCUT2D eigenvalue weighted by molar-refractivity contribution is -0.174. The molecule has 2 amide bonds. The Hall–Kier alpha value is -3.38. The molecule has 2 spiro atoms. The second-order valence-electron chi connectivity index (χ2n) is 17.9. The van der Waals surface area contributed by atoms with Gasteiger partial charge in [0.05, 0.1) is 28.8 Å². The first-order valence-electron chi connectivity index (χ1n) is 19.8. The Balaban J connectivity index is 1.19. The van der Waals surface area contributed by atoms with Gasteiger partial charge in [-0.05, 0) is 124 Å². The zero-order valence-electron chi connectivity index (χ0n) is 32.2. The number of nitrogens with zero attached hydrogens (tertiary/aromatic N) is 1. The summed E-state index contributed by atoms with van der Waals surface area (Å²) in [6.07, 6.45) is 6.43. The Kier molecular flexibility index (Phi) is 9.58. The number of Topliss-reactive ketones (excluding diaryl/α,β-unsaturated/α-hetero) is 1. The van der Waals surface area contributed by atoms with E-state index in [2.05, 4.69) is 43.5 Å². The number of benzene rings is 1. The van der Waals surface area contributed by atoms with Crippen molar-refractivity contribution in [3.05, 3.63) is 92.9 Å². The molecule has 0 saturated heterocycles. The van der Waals surface area contributed by atoms with Gasteiger partial charge < -0.3 is 24.8 Å². The third-order valence-electron chi connectivity index (χ3n) is 14.7. The lowest BCUT2D eigenvalue weighted by Crippen LogP contribution is -2.67. The molecular formula is C44H50ClF3N2O5S. The molecule has 8 unspecified atom stereocenters. The number of urea groups is 1. The summed E-state index contributed by atoms with van der Waals surface area (Å²) in [7, 11) is 0. The molecule has 7 nitrogen and oxygen atoms in total. The van der Waals surface area contributed by atoms with Gasteiger partial charge in [-0.2, -0.15) is 13.2 Å². The summed E-state index contributed by atoms with van der Waals surface area (Å²) in [4.78, 5) is 31.7. The monoisotopic (exact) mass is 810 g/mol. The number of furan rings is 1. The first kappa shape index (κ1) is 39.4. The van der Waals surface area contributed by atoms with Crippen LogP contribution in [0, 0.1) is 33.5 Å². The number of allylic oxidation sites excluding steroid dienone is 4. The van der Waals surface area contributed by atoms with Crippen molar-refractivity contribution in [1.82, 2.24) is 10.2 Å². The fourth-order valence-electron chi connectivity index (χ4n) is 11.8. The minimum Gasteiger partial charge on any atom is -0.453 e. The number of hydrogen-bond acceptors (Lipinski definition) is 6. The number of hydrogen-bond donors (Lipinski definition) is 3. The van der Waals surface area contributed by atoms with E-state index in [0.717, 1.165) is 29.9 Å². The van der Waals surface area contributed by atoms with Gasteiger partial charge in [0.15, 0.2) is 5.76 Å². The van der Waals surface area contributed by atoms with Gasteiger partial charge in [0.2, 0.25) is 5.78 Å². The second-order valence-corrected chi connectivity index (χ2v) is 19.3. The number of carbonyl (C=O) groups is 2. The second kappa shape index (κ2) is 13.6. The number of aliphatic hydroxyl groups excluding tert-OH is 1. The van der Waals surface area contributed by atoms with E-state index in [1.165, 1.54) is 18.2 Å². The van der Waals surface area contributed by atoms with Crippen molar-refractivity contribution in [3.8, 4) is 11.3 Å². The number of ketones is 1. The third kappa shape index (κ3) is 5.96. The lowest BCUT2D eigenvalue weighted by Gasteiger charge is -2.71. The average Bonchev–Trinajstić information content (AvgIpc) is 3.90. The Labute approximate surface area is 335 Å². The molecule has 56 heavy (non-hydrogen) atoms. The predicted molar refractivity (Wildman–Crippen MR) is 210 cm³/mol. The lowest BCUT2D eigenvalue weighted by atomic mass is 9.32. The van der Waals surface area contributed by atoms with E-state index >= 15 is 4.79 Å². The van der Waals surface area contributed by atoms with Crippen molar-refractivity contribution in [1.29, 1.82) is 0 Å². The van der Waals surface area contributed by atoms with E-state index < -0.39 is 39.7 Å². The molecule has 8 atom stereocenters. The van der Waals surface area contributed by atoms with Crippen molar-refractivity contribution < 1.29 is 37.4 Å². The van der Waals surface area contributed by atoms with Crippen molar-refractivity contribution in [3.63, 3.8) is 0 Å². The largest absolute Gasteiger partial charge is 0.453 e. The van der Waals surface area contributed by atoms with Crippen LogP contribution in [0.25, 0.3) is 11.3 Å². The molecule has 3 N–H and O–H groups in total. The SMILES string of the molecule is CC(C)NC(=O)N(CCc1cccs1)CC1(O)CCC2C34C=CC5(C=C3C(=O)c3ccc(-c6cc(C(F)(F)F)ccc6Cl)o3)CC(O)CCC5(C)C4CCC21C. The van der Waals surface area contributed by atoms with Crippen LogP contribution in [-0.2, 0) is 12.6 Å². The number of alkyl halides is 3. The van der Waals surface area contributed by atoms with Crippen molar-refractivity contribution in [2.45, 2.75) is 103 Å². The van der Waals surface area contributed by atoms with E-state index in [-0.39, 0.29) is 63.8 Å². The number of thiophene rings is 1. The summed E-state index contributed by atoms with van der Waals surface area (Å²) in [5, 5.41) is 29.2. The summed E-state index contributed by atoms with van der Waals surface area (Å²) < 4.78 is 47.2. The molecule has 3 aromatic rings. The van der Waals surface area contributed by atoms with Crippen LogP contribution in [-0.4, -0.2) is 57.8 Å². The average molecular weight is 811 g/mol. The van der Waals surface area contributed by atoms with Crippen LogP contribution in [0.1, 0.15) is 93.6 Å². The van der Waals surface area contributed by atoms with E-state index in [0.29, 0.717) is 50.6 Å². The highest BCUT2D eigenvalue weighted by Crippen LogP contribution is 2.78. The highest BCUT2D eigenvalue weighted by atomic mass is 35.5. The Bertz CT molecular complexity index is 2100. The summed E-state index contributed by atoms with van der Waals surface area (Å²) in [5.74, 6) is -0.467. The minimum atomic E-state index is -4.59. The summed E-state index contributed by atoms with van der Waals surface area (Å²) in [5.41, 5.74) is -3.87. The number of amides is 2. The molecule has 2 aromatic heterocycles. The van der Waals surface area contributed by atoms with Crippen LogP contribution in [0.4, 0.5) is 18.0 Å². The van der Waals surface area contributed by atoms with E-state index in [4.69, 9.17) is 16.0 Å². The van der Waals surface area contributed by atoms with Gasteiger partial charge in [0.1, 0.15) is 5.76 Å². The minimum absolute atomic E-state index is 0.00564. The molecule has 0 radical (unpaired) electrons. The zero-order chi connectivity index (χ0) is 40.1. The maximum Gasteiger partial charge on any atom is 0.416 e. The summed E-state index contributed by atoms with van der Waals surface area (Å²) in [6.45, 7) is 8.86. The van der Waals surface area contributed by atoms with Crippen molar-refractivity contribution in [2.75, 3.05) is 13.1 Å². The van der Waals surface area contributed by atoms with Gasteiger partial charge >= 0.3 is 12.2 Å². The molecule has 0 aliphatic heterocycles. The van der Waals surface area contributed by atoms with Gasteiger partial charge in [0, 0.05) is 44.8 Å². The van der Waals surface area contributed by atoms with Crippen LogP contribution in [0.5, 0.6) is 0 Å². The number of carbonyl (C=O) groups excluding carboxylic acids is 2. The topological polar surface area (TPSA) is 103 Å². The quantitative estimate of drug-likeness (QED) is 0.148. The number of nitrogens with one attached hydrogen (secondary N) is 1. The predicted octanol–water partition coefficient (Wildman–Crippen LogP) is 10.1. The maximum atomic E-state index is 15.1. The van der Waals surface area contributed by atoms with Crippen molar-refractivity contribution >= 4 is 34.8 Å². The molecule has 6 aliphatic carbocycles. The standard InChI is InChI=1S/C44H50ClF3N2O5S/c1-26(2)49-38(53)50(20-14-29-6-5-21-56-29)25-42(54)17-13-36-40(42,4)16-12-35-39(3)15-11-28(51)23-41(39)18-19-43(35,36)31(24-41)37(52)34-10-9-33(55-34)30-22-27(44(46,47)48)7-8-32(30)45/h5-10,18-19,21-22,24,26,28,35-36,51,54H,11-17,20,23,25H2,1-4H3,(H,49,53). The Morgan fingerprint density at radius 1 is 1.04 bits per heavy atom. The van der Waals surface area contributed by atoms with Gasteiger partial charge in [-0.25, -0.2) is 4.79 Å². The number of fused-ring (bicyclic) bond motifs is 1. The number of halogens is 4. The maximum absolute atomic E-state index is 15.1. The van der Waals surface area contributed by atoms with Gasteiger partial charge in [-0.1, -0.05) is 49.7 Å². The third-order valence-corrected chi connectivity index (χ3v) is 16.0. The molecule has 2 bridgehead atoms. The molecule has 300 valence electrons. The van der Waals surface area contributed by atoms with Gasteiger partial charge in [0.25, 0.3) is 0 Å². The molecular weight excluding hydrogens is 761 g/mol. The van der Waals surface area contributed by atoms with Crippen LogP contribution >= 0.6 is 22.9 Å². The number of aliphatic hydroxyl groups is 2. The van der Waals surface area contributed by atoms with Crippen LogP contribution < -0.4 is 5.32 Å². The first-order chi connectivity index (χ1) is 26.4. The molecule has 6 aliphatic rings. The zero-order valence-corrected chi connectivity index (χ0v) is 33.8. The number of rotatable bonds is 9. The van der Waals surface area contributed by atoms with Crippen molar-refractivity contribution in [2.24, 2.45) is 33.5 Å². The Morgan fingerprint density at radius 2 is 1.77 bits per heavy atom. The Morgan fingerprint density at radius 3 is 2.48 bits per heavy atom. The normalized spacial score (nSPS) is 34.5. The first-order valence-corrected chi connectivity index (χ1v) is 21.1. The van der Waals surface area contributed by atoms with E-state index in [1.807, 2.05) is 25.3 Å². The molecule has 2 heterocycles. The highest BCUT2D eigenvalue weighted by molar-refractivity contribution is 7.09. The van der Waals surface area contributed by atoms with E-state index in [9.17, 15) is 28.2 Å². The summed E-state index contributed by atoms with van der Waals surface area (Å²) in [6, 6.07) is 9.75.